The highest BCUT2D eigenvalue weighted by atomic mass is 19.2. The minimum absolute atomic E-state index is 0.0188. The summed E-state index contributed by atoms with van der Waals surface area (Å²) in [5.74, 6) is -71.2. The molecular formula is C41H14BF20NO2. The Balaban J connectivity index is 0.000000289. The van der Waals surface area contributed by atoms with Crippen molar-refractivity contribution in [1.82, 2.24) is 0 Å². The van der Waals surface area contributed by atoms with Gasteiger partial charge in [-0.2, -0.15) is 4.57 Å². The van der Waals surface area contributed by atoms with E-state index in [9.17, 15) is 62.6 Å². The molecule has 0 saturated heterocycles. The molecule has 0 aliphatic heterocycles. The number of hydrogen-bond donors (Lipinski definition) is 1. The van der Waals surface area contributed by atoms with E-state index in [0.29, 0.717) is 5.56 Å². The number of Topliss-reactive ketones (excluding diaryl/α,β-unsaturated/α-hetero) is 1. The van der Waals surface area contributed by atoms with Crippen LogP contribution in [-0.2, 0) is 6.54 Å². The minimum atomic E-state index is -7.22. The van der Waals surface area contributed by atoms with E-state index in [4.69, 9.17) is 0 Å². The number of aromatic hydroxyl groups is 1. The van der Waals surface area contributed by atoms with Crippen LogP contribution in [0.5, 0.6) is 5.75 Å². The van der Waals surface area contributed by atoms with Crippen molar-refractivity contribution in [3.05, 3.63) is 189 Å². The smallest absolute Gasteiger partial charge is 0.227 e. The third-order valence-corrected chi connectivity index (χ3v) is 9.96. The van der Waals surface area contributed by atoms with Gasteiger partial charge in [0.15, 0.2) is 81.8 Å². The average Bonchev–Trinajstić information content (AvgIpc) is 3.29. The number of carbonyl (C=O) groups excluding carboxylic acids is 1. The molecule has 24 heteroatoms. The van der Waals surface area contributed by atoms with Gasteiger partial charge >= 0.3 is 0 Å². The molecule has 0 saturated carbocycles. The minimum Gasteiger partial charge on any atom is -0.502 e. The van der Waals surface area contributed by atoms with Gasteiger partial charge in [-0.25, -0.2) is 87.8 Å². The summed E-state index contributed by atoms with van der Waals surface area (Å²) in [6.45, 7) is 0.211. The molecule has 1 aromatic heterocycles. The van der Waals surface area contributed by atoms with Crippen LogP contribution in [0.3, 0.4) is 0 Å². The van der Waals surface area contributed by atoms with Gasteiger partial charge in [-0.05, 0) is 6.07 Å². The number of hydrogen-bond acceptors (Lipinski definition) is 2. The van der Waals surface area contributed by atoms with E-state index >= 15 is 35.1 Å². The summed E-state index contributed by atoms with van der Waals surface area (Å²) < 4.78 is 296. The van der Waals surface area contributed by atoms with Crippen molar-refractivity contribution in [2.45, 2.75) is 6.54 Å². The Kier molecular flexibility index (Phi) is 12.7. The van der Waals surface area contributed by atoms with E-state index < -0.39 is 144 Å². The Labute approximate surface area is 347 Å². The SMILES string of the molecule is Fc1c(F)c(F)c([B-](c2c(F)c(F)c(F)c(F)c2F)(c2c(F)c(F)c(F)c(F)c2F)c2c(F)c(F)c(F)c(F)c2F)c(F)c1F.O=C(C[n+]1cc(O)c2ccccc2c1)c1ccccc1. The summed E-state index contributed by atoms with van der Waals surface area (Å²) >= 11 is 0. The first-order valence-corrected chi connectivity index (χ1v) is 17.4. The Hall–Kier alpha value is -7.14. The van der Waals surface area contributed by atoms with E-state index in [1.165, 1.54) is 0 Å². The van der Waals surface area contributed by atoms with Crippen LogP contribution in [0.15, 0.2) is 67.0 Å². The molecule has 65 heavy (non-hydrogen) atoms. The first-order chi connectivity index (χ1) is 30.4. The monoisotopic (exact) mass is 943 g/mol. The van der Waals surface area contributed by atoms with Crippen LogP contribution >= 0.6 is 0 Å². The van der Waals surface area contributed by atoms with Crippen LogP contribution in [-0.4, -0.2) is 17.0 Å². The van der Waals surface area contributed by atoms with Gasteiger partial charge in [0.05, 0.1) is 0 Å². The molecule has 0 aliphatic rings. The standard InChI is InChI=1S/C24BF20.C17H13NO2/c26-5-1(6(27)14(35)21(42)13(5)34)25(2-7(28)15(36)22(43)16(37)8(2)29,3-9(30)17(38)23(44)18(39)10(3)31)4-11(32)19(40)24(45)20(41)12(4)33;19-16(13-6-2-1-3-7-13)11-18-10-14-8-4-5-9-15(14)17(20)12-18/h;1-10,12H,11H2/q-1;/p+1. The maximum Gasteiger partial charge on any atom is 0.227 e. The van der Waals surface area contributed by atoms with E-state index in [1.54, 1.807) is 22.9 Å². The van der Waals surface area contributed by atoms with Gasteiger partial charge in [-0.3, -0.25) is 4.79 Å². The number of carbonyl (C=O) groups is 1. The Morgan fingerprint density at radius 3 is 0.985 bits per heavy atom. The molecule has 0 amide bonds. The third-order valence-electron chi connectivity index (χ3n) is 9.96. The Morgan fingerprint density at radius 1 is 0.385 bits per heavy atom. The molecule has 3 nitrogen and oxygen atoms in total. The quantitative estimate of drug-likeness (QED) is 0.0435. The molecule has 0 aliphatic carbocycles. The Morgan fingerprint density at radius 2 is 0.662 bits per heavy atom. The lowest BCUT2D eigenvalue weighted by Crippen LogP contribution is -2.81. The summed E-state index contributed by atoms with van der Waals surface area (Å²) in [6, 6.07) is 16.7. The second-order valence-corrected chi connectivity index (χ2v) is 13.5. The molecule has 0 bridgehead atoms. The second kappa shape index (κ2) is 17.4. The van der Waals surface area contributed by atoms with Gasteiger partial charge in [0.1, 0.15) is 52.7 Å². The Bertz CT molecular complexity index is 2730. The fourth-order valence-electron chi connectivity index (χ4n) is 7.13. The number of benzene rings is 6. The highest BCUT2D eigenvalue weighted by Gasteiger charge is 2.52. The normalized spacial score (nSPS) is 11.6. The van der Waals surface area contributed by atoms with Crippen LogP contribution in [0, 0.1) is 116 Å². The molecule has 0 radical (unpaired) electrons. The van der Waals surface area contributed by atoms with Crippen LogP contribution in [0.1, 0.15) is 10.4 Å². The van der Waals surface area contributed by atoms with E-state index in [1.807, 2.05) is 48.7 Å². The lowest BCUT2D eigenvalue weighted by molar-refractivity contribution is -0.682. The summed E-state index contributed by atoms with van der Waals surface area (Å²) in [5.41, 5.74) is -13.7. The number of fused-ring (bicyclic) bond motifs is 1. The number of halogens is 20. The number of aromatic nitrogens is 1. The van der Waals surface area contributed by atoms with E-state index in [2.05, 4.69) is 0 Å². The zero-order chi connectivity index (χ0) is 48.3. The van der Waals surface area contributed by atoms with E-state index in [-0.39, 0.29) is 18.1 Å². The zero-order valence-corrected chi connectivity index (χ0v) is 31.0. The van der Waals surface area contributed by atoms with Gasteiger partial charge < -0.3 is 5.11 Å². The molecule has 1 heterocycles. The molecular weight excluding hydrogens is 929 g/mol. The highest BCUT2D eigenvalue weighted by Crippen LogP contribution is 2.31. The lowest BCUT2D eigenvalue weighted by atomic mass is 9.12. The molecule has 7 aromatic rings. The van der Waals surface area contributed by atoms with Crippen molar-refractivity contribution in [2.75, 3.05) is 0 Å². The van der Waals surface area contributed by atoms with Crippen LogP contribution in [0.2, 0.25) is 0 Å². The van der Waals surface area contributed by atoms with Crippen molar-refractivity contribution in [1.29, 1.82) is 0 Å². The molecule has 0 unspecified atom stereocenters. The van der Waals surface area contributed by atoms with Crippen LogP contribution < -0.4 is 26.4 Å². The lowest BCUT2D eigenvalue weighted by Gasteiger charge is -2.44. The number of ketones is 1. The van der Waals surface area contributed by atoms with Crippen molar-refractivity contribution in [3.63, 3.8) is 0 Å². The van der Waals surface area contributed by atoms with Gasteiger partial charge in [0.25, 0.3) is 0 Å². The van der Waals surface area contributed by atoms with Crippen molar-refractivity contribution >= 4 is 44.6 Å². The van der Waals surface area contributed by atoms with Gasteiger partial charge in [-0.15, -0.1) is 21.9 Å². The third kappa shape index (κ3) is 7.42. The largest absolute Gasteiger partial charge is 0.502 e. The number of nitrogens with zero attached hydrogens (tertiary/aromatic N) is 1. The number of pyridine rings is 1. The summed E-state index contributed by atoms with van der Waals surface area (Å²) in [7, 11) is 0. The summed E-state index contributed by atoms with van der Waals surface area (Å²) in [5, 5.41) is 11.7. The molecule has 0 fully saturated rings. The predicted octanol–water partition coefficient (Wildman–Crippen LogP) is 8.56. The second-order valence-electron chi connectivity index (χ2n) is 13.5. The maximum atomic E-state index is 15.4. The highest BCUT2D eigenvalue weighted by molar-refractivity contribution is 7.20. The fraction of sp³-hybridized carbons (Fsp3) is 0.0244. The predicted molar refractivity (Wildman–Crippen MR) is 186 cm³/mol. The summed E-state index contributed by atoms with van der Waals surface area (Å²) in [6.07, 6.45) is -3.76. The first kappa shape index (κ1) is 47.3. The molecule has 7 rings (SSSR count). The van der Waals surface area contributed by atoms with Gasteiger partial charge in [0, 0.05) is 16.3 Å². The first-order valence-electron chi connectivity index (χ1n) is 17.4. The van der Waals surface area contributed by atoms with E-state index in [0.717, 1.165) is 10.8 Å². The fourth-order valence-corrected chi connectivity index (χ4v) is 7.13. The molecule has 1 N–H and O–H groups in total. The average molecular weight is 943 g/mol. The van der Waals surface area contributed by atoms with Gasteiger partial charge in [0.2, 0.25) is 18.5 Å². The van der Waals surface area contributed by atoms with Crippen molar-refractivity contribution in [2.24, 2.45) is 0 Å². The van der Waals surface area contributed by atoms with Crippen molar-refractivity contribution < 1.29 is 102 Å². The summed E-state index contributed by atoms with van der Waals surface area (Å²) in [4.78, 5) is 12.2. The zero-order valence-electron chi connectivity index (χ0n) is 31.0. The van der Waals surface area contributed by atoms with Crippen LogP contribution in [0.4, 0.5) is 87.8 Å². The van der Waals surface area contributed by atoms with Crippen LogP contribution in [0.25, 0.3) is 10.8 Å². The molecule has 0 spiro atoms. The maximum absolute atomic E-state index is 15.4. The topological polar surface area (TPSA) is 41.2 Å². The number of rotatable bonds is 7. The molecule has 0 atom stereocenters. The molecule has 6 aromatic carbocycles. The molecule has 338 valence electrons. The van der Waals surface area contributed by atoms with Gasteiger partial charge in [-0.1, -0.05) is 48.5 Å². The van der Waals surface area contributed by atoms with Crippen molar-refractivity contribution in [3.8, 4) is 5.75 Å².